The Kier molecular flexibility index (Phi) is 7.67. The third-order valence-corrected chi connectivity index (χ3v) is 6.85. The molecule has 2 atom stereocenters. The van der Waals surface area contributed by atoms with Gasteiger partial charge in [-0.25, -0.2) is 15.0 Å². The summed E-state index contributed by atoms with van der Waals surface area (Å²) >= 11 is 0. The van der Waals surface area contributed by atoms with E-state index in [0.717, 1.165) is 40.1 Å². The molecule has 2 fully saturated rings. The zero-order valence-corrected chi connectivity index (χ0v) is 22.0. The van der Waals surface area contributed by atoms with E-state index < -0.39 is 0 Å². The van der Waals surface area contributed by atoms with Crippen LogP contribution < -0.4 is 11.5 Å². The Bertz CT molecular complexity index is 1410. The van der Waals surface area contributed by atoms with Crippen LogP contribution in [0.25, 0.3) is 28.2 Å². The highest BCUT2D eigenvalue weighted by atomic mass is 16.5. The topological polar surface area (TPSA) is 125 Å². The first kappa shape index (κ1) is 25.8. The van der Waals surface area contributed by atoms with E-state index in [1.54, 1.807) is 6.20 Å². The Morgan fingerprint density at radius 1 is 1.05 bits per heavy atom. The monoisotopic (exact) mass is 513 g/mol. The molecule has 9 heteroatoms. The maximum Gasteiger partial charge on any atom is 0.226 e. The molecule has 1 saturated carbocycles. The first-order valence-electron chi connectivity index (χ1n) is 13.3. The Morgan fingerprint density at radius 3 is 2.47 bits per heavy atom. The van der Waals surface area contributed by atoms with Crippen LogP contribution in [0.1, 0.15) is 43.9 Å². The fourth-order valence-corrected chi connectivity index (χ4v) is 4.80. The van der Waals surface area contributed by atoms with E-state index in [0.29, 0.717) is 44.5 Å². The van der Waals surface area contributed by atoms with Crippen LogP contribution in [0.4, 0.5) is 5.82 Å². The quantitative estimate of drug-likeness (QED) is 0.415. The SMILES string of the molecule is CCC.NCc1ccc(-n2c(-c3cccnc3N)nc3ccc(C4CC4C(=O)N4CCOCC4)nc32)cc1. The molecule has 1 aromatic carbocycles. The van der Waals surface area contributed by atoms with Crippen molar-refractivity contribution in [2.45, 2.75) is 39.2 Å². The molecule has 2 aliphatic rings. The maximum atomic E-state index is 13.0. The highest BCUT2D eigenvalue weighted by Crippen LogP contribution is 2.48. The molecule has 9 nitrogen and oxygen atoms in total. The van der Waals surface area contributed by atoms with Gasteiger partial charge in [0.15, 0.2) is 11.5 Å². The number of aromatic nitrogens is 4. The number of benzene rings is 1. The minimum atomic E-state index is -0.0216. The second-order valence-electron chi connectivity index (χ2n) is 9.75. The summed E-state index contributed by atoms with van der Waals surface area (Å²) in [4.78, 5) is 29.1. The number of rotatable bonds is 5. The Labute approximate surface area is 222 Å². The largest absolute Gasteiger partial charge is 0.383 e. The average molecular weight is 514 g/mol. The second-order valence-corrected chi connectivity index (χ2v) is 9.75. The van der Waals surface area contributed by atoms with Gasteiger partial charge in [0.05, 0.1) is 18.8 Å². The van der Waals surface area contributed by atoms with Crippen molar-refractivity contribution in [2.24, 2.45) is 11.7 Å². The van der Waals surface area contributed by atoms with Gasteiger partial charge in [-0.15, -0.1) is 0 Å². The highest BCUT2D eigenvalue weighted by Gasteiger charge is 2.47. The number of nitrogens with zero attached hydrogens (tertiary/aromatic N) is 5. The van der Waals surface area contributed by atoms with Crippen molar-refractivity contribution in [2.75, 3.05) is 32.0 Å². The molecule has 4 N–H and O–H groups in total. The van der Waals surface area contributed by atoms with Gasteiger partial charge in [0.2, 0.25) is 5.91 Å². The van der Waals surface area contributed by atoms with Gasteiger partial charge in [-0.2, -0.15) is 0 Å². The first-order valence-corrected chi connectivity index (χ1v) is 13.3. The number of hydrogen-bond acceptors (Lipinski definition) is 7. The number of pyridine rings is 2. The lowest BCUT2D eigenvalue weighted by Crippen LogP contribution is -2.41. The number of anilines is 1. The highest BCUT2D eigenvalue weighted by molar-refractivity contribution is 5.85. The van der Waals surface area contributed by atoms with E-state index >= 15 is 0 Å². The Morgan fingerprint density at radius 2 is 1.79 bits per heavy atom. The summed E-state index contributed by atoms with van der Waals surface area (Å²) in [6.07, 6.45) is 3.73. The van der Waals surface area contributed by atoms with Crippen molar-refractivity contribution in [1.29, 1.82) is 0 Å². The standard InChI is InChI=1S/C26H27N7O2.C3H8/c27-15-16-3-5-17(6-4-16)33-24(18-2-1-9-29-23(18)28)31-22-8-7-21(30-25(22)33)19-14-20(19)26(34)32-10-12-35-13-11-32;1-3-2/h1-9,19-20H,10-15,27H2,(H2,28,29);3H2,1-2H3. The van der Waals surface area contributed by atoms with Crippen molar-refractivity contribution in [3.63, 3.8) is 0 Å². The molecule has 2 unspecified atom stereocenters. The van der Waals surface area contributed by atoms with E-state index in [4.69, 9.17) is 26.2 Å². The third kappa shape index (κ3) is 5.12. The van der Waals surface area contributed by atoms with Crippen molar-refractivity contribution >= 4 is 22.9 Å². The van der Waals surface area contributed by atoms with Crippen molar-refractivity contribution in [3.8, 4) is 17.1 Å². The van der Waals surface area contributed by atoms with Crippen LogP contribution >= 0.6 is 0 Å². The van der Waals surface area contributed by atoms with Gasteiger partial charge in [-0.1, -0.05) is 32.4 Å². The summed E-state index contributed by atoms with van der Waals surface area (Å²) in [7, 11) is 0. The first-order chi connectivity index (χ1) is 18.5. The van der Waals surface area contributed by atoms with Crippen LogP contribution in [0.3, 0.4) is 0 Å². The maximum absolute atomic E-state index is 13.0. The van der Waals surface area contributed by atoms with Gasteiger partial charge in [0, 0.05) is 49.0 Å². The summed E-state index contributed by atoms with van der Waals surface area (Å²) in [5.74, 6) is 1.37. The van der Waals surface area contributed by atoms with Gasteiger partial charge < -0.3 is 21.1 Å². The number of fused-ring (bicyclic) bond motifs is 1. The molecule has 198 valence electrons. The van der Waals surface area contributed by atoms with Gasteiger partial charge in [-0.3, -0.25) is 9.36 Å². The van der Waals surface area contributed by atoms with Crippen LogP contribution in [0, 0.1) is 5.92 Å². The third-order valence-electron chi connectivity index (χ3n) is 6.85. The average Bonchev–Trinajstić information content (AvgIpc) is 3.67. The second kappa shape index (κ2) is 11.3. The smallest absolute Gasteiger partial charge is 0.226 e. The fourth-order valence-electron chi connectivity index (χ4n) is 4.80. The van der Waals surface area contributed by atoms with E-state index in [-0.39, 0.29) is 17.7 Å². The number of amides is 1. The van der Waals surface area contributed by atoms with E-state index in [2.05, 4.69) is 18.8 Å². The van der Waals surface area contributed by atoms with Crippen molar-refractivity contribution in [3.05, 3.63) is 66.0 Å². The number of nitrogens with two attached hydrogens (primary N) is 2. The van der Waals surface area contributed by atoms with Crippen LogP contribution in [0.5, 0.6) is 0 Å². The van der Waals surface area contributed by atoms with Gasteiger partial charge >= 0.3 is 0 Å². The van der Waals surface area contributed by atoms with E-state index in [1.807, 2.05) is 58.0 Å². The Balaban J connectivity index is 0.000000937. The van der Waals surface area contributed by atoms with Gasteiger partial charge in [0.1, 0.15) is 11.3 Å². The van der Waals surface area contributed by atoms with E-state index in [9.17, 15) is 4.79 Å². The zero-order valence-electron chi connectivity index (χ0n) is 22.0. The number of carbonyl (C=O) groups is 1. The normalized spacial score (nSPS) is 18.7. The molecule has 3 aromatic heterocycles. The zero-order chi connectivity index (χ0) is 26.6. The molecule has 1 saturated heterocycles. The predicted molar refractivity (Wildman–Crippen MR) is 149 cm³/mol. The molecule has 38 heavy (non-hydrogen) atoms. The molecule has 0 radical (unpaired) electrons. The Hall–Kier alpha value is -3.82. The van der Waals surface area contributed by atoms with Gasteiger partial charge in [0.25, 0.3) is 0 Å². The molecule has 1 aliphatic carbocycles. The summed E-state index contributed by atoms with van der Waals surface area (Å²) < 4.78 is 7.40. The molecule has 1 aliphatic heterocycles. The predicted octanol–water partition coefficient (Wildman–Crippen LogP) is 3.90. The summed E-state index contributed by atoms with van der Waals surface area (Å²) in [6, 6.07) is 15.7. The minimum absolute atomic E-state index is 0.0216. The lowest BCUT2D eigenvalue weighted by Gasteiger charge is -2.27. The number of carbonyl (C=O) groups excluding carboxylic acids is 1. The summed E-state index contributed by atoms with van der Waals surface area (Å²) in [6.45, 7) is 7.26. The molecule has 6 rings (SSSR count). The number of nitrogen functional groups attached to an aromatic ring is 1. The van der Waals surface area contributed by atoms with Crippen LogP contribution in [0.2, 0.25) is 0 Å². The number of ether oxygens (including phenoxy) is 1. The molecule has 0 spiro atoms. The fraction of sp³-hybridized carbons (Fsp3) is 0.379. The molecule has 0 bridgehead atoms. The number of hydrogen-bond donors (Lipinski definition) is 2. The number of morpholine rings is 1. The summed E-state index contributed by atoms with van der Waals surface area (Å²) in [5, 5.41) is 0. The van der Waals surface area contributed by atoms with E-state index in [1.165, 1.54) is 6.42 Å². The lowest BCUT2D eigenvalue weighted by molar-refractivity contribution is -0.136. The van der Waals surface area contributed by atoms with Crippen LogP contribution in [-0.4, -0.2) is 56.6 Å². The molecule has 4 heterocycles. The summed E-state index contributed by atoms with van der Waals surface area (Å²) in [5.41, 5.74) is 17.1. The molecule has 1 amide bonds. The number of imidazole rings is 1. The van der Waals surface area contributed by atoms with Crippen LogP contribution in [-0.2, 0) is 16.1 Å². The molecular weight excluding hydrogens is 478 g/mol. The molecular formula is C29H35N7O2. The van der Waals surface area contributed by atoms with Crippen LogP contribution in [0.15, 0.2) is 54.7 Å². The molecule has 4 aromatic rings. The lowest BCUT2D eigenvalue weighted by atomic mass is 10.2. The van der Waals surface area contributed by atoms with Crippen molar-refractivity contribution in [1.82, 2.24) is 24.4 Å². The van der Waals surface area contributed by atoms with Gasteiger partial charge in [-0.05, 0) is 48.4 Å². The van der Waals surface area contributed by atoms with Crippen molar-refractivity contribution < 1.29 is 9.53 Å². The minimum Gasteiger partial charge on any atom is -0.383 e.